The van der Waals surface area contributed by atoms with Gasteiger partial charge in [-0.1, -0.05) is 18.1 Å². The first-order valence-electron chi connectivity index (χ1n) is 5.33. The van der Waals surface area contributed by atoms with Gasteiger partial charge in [-0.25, -0.2) is 0 Å². The maximum atomic E-state index is 12.3. The van der Waals surface area contributed by atoms with Crippen LogP contribution in [0.2, 0.25) is 0 Å². The summed E-state index contributed by atoms with van der Waals surface area (Å²) in [6.45, 7) is 0.748. The average Bonchev–Trinajstić information content (AvgIpc) is 2.22. The molecule has 2 rings (SSSR count). The number of hydrogen-bond acceptors (Lipinski definition) is 1. The molecule has 0 N–H and O–H groups in total. The molecule has 0 spiro atoms. The highest BCUT2D eigenvalue weighted by molar-refractivity contribution is 5.34. The first kappa shape index (κ1) is 12.0. The average molecular weight is 239 g/mol. The lowest BCUT2D eigenvalue weighted by atomic mass is 9.98. The van der Waals surface area contributed by atoms with Crippen molar-refractivity contribution in [3.8, 4) is 12.3 Å². The molecule has 0 aliphatic carbocycles. The van der Waals surface area contributed by atoms with Crippen molar-refractivity contribution < 1.29 is 13.2 Å². The highest BCUT2D eigenvalue weighted by Gasteiger charge is 2.46. The van der Waals surface area contributed by atoms with E-state index in [9.17, 15) is 13.2 Å². The van der Waals surface area contributed by atoms with Gasteiger partial charge in [-0.15, -0.1) is 6.42 Å². The summed E-state index contributed by atoms with van der Waals surface area (Å²) >= 11 is 0. The Kier molecular flexibility index (Phi) is 3.12. The van der Waals surface area contributed by atoms with E-state index in [1.165, 1.54) is 0 Å². The van der Waals surface area contributed by atoms with Crippen molar-refractivity contribution in [3.63, 3.8) is 0 Å². The van der Waals surface area contributed by atoms with Crippen LogP contribution in [0.5, 0.6) is 0 Å². The van der Waals surface area contributed by atoms with Crippen molar-refractivity contribution in [2.75, 3.05) is 13.1 Å². The lowest BCUT2D eigenvalue weighted by Gasteiger charge is -2.40. The van der Waals surface area contributed by atoms with E-state index >= 15 is 0 Å². The fraction of sp³-hybridized carbons (Fsp3) is 0.385. The van der Waals surface area contributed by atoms with E-state index in [4.69, 9.17) is 6.42 Å². The first-order valence-corrected chi connectivity index (χ1v) is 5.33. The molecule has 4 heteroatoms. The lowest BCUT2D eigenvalue weighted by Crippen LogP contribution is -2.52. The molecule has 1 aromatic rings. The Morgan fingerprint density at radius 1 is 1.24 bits per heavy atom. The third-order valence-corrected chi connectivity index (χ3v) is 2.95. The highest BCUT2D eigenvalue weighted by Crippen LogP contribution is 2.33. The Morgan fingerprint density at radius 2 is 1.82 bits per heavy atom. The topological polar surface area (TPSA) is 3.24 Å². The predicted octanol–water partition coefficient (Wildman–Crippen LogP) is 2.66. The van der Waals surface area contributed by atoms with Gasteiger partial charge in [0, 0.05) is 25.2 Å². The largest absolute Gasteiger partial charge is 0.394 e. The van der Waals surface area contributed by atoms with Crippen LogP contribution in [0.15, 0.2) is 24.3 Å². The molecule has 90 valence electrons. The van der Waals surface area contributed by atoms with Gasteiger partial charge in [-0.05, 0) is 17.7 Å². The summed E-state index contributed by atoms with van der Waals surface area (Å²) in [6, 6.07) is 7.32. The zero-order valence-corrected chi connectivity index (χ0v) is 9.17. The van der Waals surface area contributed by atoms with E-state index in [1.807, 2.05) is 12.1 Å². The Labute approximate surface area is 98.2 Å². The van der Waals surface area contributed by atoms with Gasteiger partial charge in [0.2, 0.25) is 0 Å². The summed E-state index contributed by atoms with van der Waals surface area (Å²) in [5, 5.41) is 0. The standard InChI is InChI=1S/C13H12F3N/c1-2-10-3-5-11(6-4-10)7-17-8-12(9-17)13(14,15)16/h1,3-6,12H,7-9H2. The maximum Gasteiger partial charge on any atom is 0.394 e. The second-order valence-corrected chi connectivity index (χ2v) is 4.27. The molecule has 17 heavy (non-hydrogen) atoms. The van der Waals surface area contributed by atoms with E-state index in [-0.39, 0.29) is 13.1 Å². The molecular weight excluding hydrogens is 227 g/mol. The van der Waals surface area contributed by atoms with E-state index in [1.54, 1.807) is 17.0 Å². The monoisotopic (exact) mass is 239 g/mol. The minimum atomic E-state index is -4.05. The normalized spacial score (nSPS) is 17.5. The smallest absolute Gasteiger partial charge is 0.298 e. The SMILES string of the molecule is C#Cc1ccc(CN2CC(C(F)(F)F)C2)cc1. The van der Waals surface area contributed by atoms with Crippen LogP contribution in [0.1, 0.15) is 11.1 Å². The van der Waals surface area contributed by atoms with Crippen molar-refractivity contribution >= 4 is 0 Å². The lowest BCUT2D eigenvalue weighted by molar-refractivity contribution is -0.210. The molecule has 1 aliphatic heterocycles. The van der Waals surface area contributed by atoms with Gasteiger partial charge in [-0.3, -0.25) is 4.90 Å². The van der Waals surface area contributed by atoms with Gasteiger partial charge in [0.15, 0.2) is 0 Å². The van der Waals surface area contributed by atoms with Gasteiger partial charge in [0.25, 0.3) is 0 Å². The van der Waals surface area contributed by atoms with Crippen LogP contribution >= 0.6 is 0 Å². The van der Waals surface area contributed by atoms with E-state index in [2.05, 4.69) is 5.92 Å². The predicted molar refractivity (Wildman–Crippen MR) is 59.2 cm³/mol. The third kappa shape index (κ3) is 2.80. The molecule has 1 fully saturated rings. The molecule has 0 aromatic heterocycles. The number of nitrogens with zero attached hydrogens (tertiary/aromatic N) is 1. The maximum absolute atomic E-state index is 12.3. The number of likely N-dealkylation sites (tertiary alicyclic amines) is 1. The molecule has 0 saturated carbocycles. The van der Waals surface area contributed by atoms with Crippen molar-refractivity contribution in [1.82, 2.24) is 4.90 Å². The molecule has 1 saturated heterocycles. The molecule has 1 heterocycles. The summed E-state index contributed by atoms with van der Waals surface area (Å²) < 4.78 is 36.8. The third-order valence-electron chi connectivity index (χ3n) is 2.95. The van der Waals surface area contributed by atoms with E-state index in [0.29, 0.717) is 6.54 Å². The van der Waals surface area contributed by atoms with E-state index < -0.39 is 12.1 Å². The van der Waals surface area contributed by atoms with E-state index in [0.717, 1.165) is 11.1 Å². The van der Waals surface area contributed by atoms with Gasteiger partial charge in [0.1, 0.15) is 0 Å². The van der Waals surface area contributed by atoms with Crippen LogP contribution in [-0.2, 0) is 6.54 Å². The van der Waals surface area contributed by atoms with Gasteiger partial charge in [-0.2, -0.15) is 13.2 Å². The fourth-order valence-electron chi connectivity index (χ4n) is 1.87. The highest BCUT2D eigenvalue weighted by atomic mass is 19.4. The summed E-state index contributed by atoms with van der Waals surface area (Å²) in [7, 11) is 0. The van der Waals surface area contributed by atoms with Gasteiger partial charge >= 0.3 is 6.18 Å². The second kappa shape index (κ2) is 4.42. The molecule has 0 bridgehead atoms. The summed E-state index contributed by atoms with van der Waals surface area (Å²) in [4.78, 5) is 1.78. The van der Waals surface area contributed by atoms with Crippen molar-refractivity contribution in [3.05, 3.63) is 35.4 Å². The molecule has 1 aromatic carbocycles. The Morgan fingerprint density at radius 3 is 2.29 bits per heavy atom. The first-order chi connectivity index (χ1) is 7.99. The number of benzene rings is 1. The van der Waals surface area contributed by atoms with Crippen LogP contribution in [0, 0.1) is 18.3 Å². The molecule has 0 atom stereocenters. The van der Waals surface area contributed by atoms with Crippen LogP contribution in [0.25, 0.3) is 0 Å². The van der Waals surface area contributed by atoms with Crippen LogP contribution in [-0.4, -0.2) is 24.2 Å². The van der Waals surface area contributed by atoms with Crippen LogP contribution < -0.4 is 0 Å². The summed E-state index contributed by atoms with van der Waals surface area (Å²) in [5.74, 6) is 1.34. The van der Waals surface area contributed by atoms with Crippen LogP contribution in [0.3, 0.4) is 0 Å². The number of alkyl halides is 3. The minimum absolute atomic E-state index is 0.0976. The van der Waals surface area contributed by atoms with Gasteiger partial charge in [0.05, 0.1) is 5.92 Å². The van der Waals surface area contributed by atoms with Crippen molar-refractivity contribution in [2.24, 2.45) is 5.92 Å². The minimum Gasteiger partial charge on any atom is -0.298 e. The Hall–Kier alpha value is -1.47. The molecule has 0 amide bonds. The second-order valence-electron chi connectivity index (χ2n) is 4.27. The fourth-order valence-corrected chi connectivity index (χ4v) is 1.87. The summed E-state index contributed by atoms with van der Waals surface area (Å²) in [6.07, 6.45) is 1.17. The Balaban J connectivity index is 1.86. The molecular formula is C13H12F3N. The number of halogens is 3. The van der Waals surface area contributed by atoms with Crippen molar-refractivity contribution in [2.45, 2.75) is 12.7 Å². The number of hydrogen-bond donors (Lipinski definition) is 0. The zero-order valence-electron chi connectivity index (χ0n) is 9.17. The Bertz CT molecular complexity index is 421. The quantitative estimate of drug-likeness (QED) is 0.717. The van der Waals surface area contributed by atoms with Crippen molar-refractivity contribution in [1.29, 1.82) is 0 Å². The summed E-state index contributed by atoms with van der Waals surface area (Å²) in [5.41, 5.74) is 1.77. The molecule has 0 radical (unpaired) electrons. The zero-order chi connectivity index (χ0) is 12.5. The van der Waals surface area contributed by atoms with Gasteiger partial charge < -0.3 is 0 Å². The number of terminal acetylenes is 1. The number of rotatable bonds is 2. The molecule has 1 nitrogen and oxygen atoms in total. The van der Waals surface area contributed by atoms with Crippen LogP contribution in [0.4, 0.5) is 13.2 Å². The molecule has 0 unspecified atom stereocenters. The molecule has 1 aliphatic rings.